The third-order valence-electron chi connectivity index (χ3n) is 6.16. The summed E-state index contributed by atoms with van der Waals surface area (Å²) in [6, 6.07) is 16.5. The average Bonchev–Trinajstić information content (AvgIpc) is 3.12. The first-order valence-corrected chi connectivity index (χ1v) is 11.4. The van der Waals surface area contributed by atoms with Gasteiger partial charge in [-0.15, -0.1) is 0 Å². The van der Waals surface area contributed by atoms with E-state index in [2.05, 4.69) is 21.2 Å². The molecule has 0 heterocycles. The molecule has 1 unspecified atom stereocenters. The summed E-state index contributed by atoms with van der Waals surface area (Å²) in [5, 5.41) is 22.6. The van der Waals surface area contributed by atoms with Crippen molar-refractivity contribution < 1.29 is 24.5 Å². The first kappa shape index (κ1) is 22.9. The number of hydrogen-bond donors (Lipinski definition) is 3. The molecule has 0 saturated carbocycles. The molecule has 33 heavy (non-hydrogen) atoms. The quantitative estimate of drug-likeness (QED) is 0.418. The number of aromatic hydroxyl groups is 1. The van der Waals surface area contributed by atoms with Crippen molar-refractivity contribution in [2.24, 2.45) is 0 Å². The Labute approximate surface area is 200 Å². The minimum atomic E-state index is -1.25. The number of rotatable bonds is 6. The highest BCUT2D eigenvalue weighted by Crippen LogP contribution is 2.44. The lowest BCUT2D eigenvalue weighted by Gasteiger charge is -2.19. The molecule has 3 aromatic carbocycles. The summed E-state index contributed by atoms with van der Waals surface area (Å²) in [6.07, 6.45) is -0.884. The van der Waals surface area contributed by atoms with E-state index in [4.69, 9.17) is 4.74 Å². The van der Waals surface area contributed by atoms with Gasteiger partial charge in [0.25, 0.3) is 0 Å². The summed E-state index contributed by atoms with van der Waals surface area (Å²) in [5.41, 5.74) is 6.18. The Bertz CT molecular complexity index is 1170. The number of alkyl carbamates (subject to hydrolysis) is 1. The predicted octanol–water partition coefficient (Wildman–Crippen LogP) is 5.31. The molecule has 0 spiro atoms. The molecule has 0 radical (unpaired) electrons. The van der Waals surface area contributed by atoms with Gasteiger partial charge in [0.1, 0.15) is 18.4 Å². The van der Waals surface area contributed by atoms with Crippen molar-refractivity contribution >= 4 is 28.0 Å². The lowest BCUT2D eigenvalue weighted by Crippen LogP contribution is -2.43. The molecule has 3 aromatic rings. The minimum absolute atomic E-state index is 0.0243. The van der Waals surface area contributed by atoms with Crippen LogP contribution >= 0.6 is 15.9 Å². The van der Waals surface area contributed by atoms with Crippen LogP contribution in [0.15, 0.2) is 59.1 Å². The Morgan fingerprint density at radius 3 is 2.21 bits per heavy atom. The molecular formula is C26H24BrNO5. The number of fused-ring (bicyclic) bond motifs is 3. The average molecular weight is 510 g/mol. The standard InChI is InChI=1S/C26H24BrNO5/c1-14-11-22(27)15(2)20(24(14)29)12-23(25(30)31)28-26(32)33-13-21-18-9-5-3-7-16(18)17-8-4-6-10-19(17)21/h3-11,21,23,29H,12-13H2,1-2H3,(H,28,32)(H,30,31). The van der Waals surface area contributed by atoms with Crippen molar-refractivity contribution in [1.82, 2.24) is 5.32 Å². The fraction of sp³-hybridized carbons (Fsp3) is 0.231. The van der Waals surface area contributed by atoms with E-state index in [-0.39, 0.29) is 24.7 Å². The highest BCUT2D eigenvalue weighted by molar-refractivity contribution is 9.10. The largest absolute Gasteiger partial charge is 0.507 e. The smallest absolute Gasteiger partial charge is 0.407 e. The van der Waals surface area contributed by atoms with Crippen molar-refractivity contribution in [2.75, 3.05) is 6.61 Å². The second kappa shape index (κ2) is 9.27. The third kappa shape index (κ3) is 4.46. The zero-order valence-electron chi connectivity index (χ0n) is 18.3. The van der Waals surface area contributed by atoms with Gasteiger partial charge in [0, 0.05) is 22.4 Å². The molecule has 7 heteroatoms. The molecule has 0 aliphatic heterocycles. The molecule has 1 aliphatic carbocycles. The van der Waals surface area contributed by atoms with E-state index in [1.807, 2.05) is 48.5 Å². The van der Waals surface area contributed by atoms with Gasteiger partial charge in [0.2, 0.25) is 0 Å². The Hall–Kier alpha value is -3.32. The van der Waals surface area contributed by atoms with Crippen molar-refractivity contribution in [3.05, 3.63) is 86.9 Å². The van der Waals surface area contributed by atoms with Crippen molar-refractivity contribution in [3.8, 4) is 16.9 Å². The summed E-state index contributed by atoms with van der Waals surface area (Å²) in [6.45, 7) is 3.61. The third-order valence-corrected chi connectivity index (χ3v) is 6.98. The maximum Gasteiger partial charge on any atom is 0.407 e. The van der Waals surface area contributed by atoms with Gasteiger partial charge in [-0.25, -0.2) is 9.59 Å². The molecule has 1 amide bonds. The molecule has 4 rings (SSSR count). The number of halogens is 1. The topological polar surface area (TPSA) is 95.9 Å². The van der Waals surface area contributed by atoms with Gasteiger partial charge in [-0.2, -0.15) is 0 Å². The van der Waals surface area contributed by atoms with Crippen molar-refractivity contribution in [3.63, 3.8) is 0 Å². The lowest BCUT2D eigenvalue weighted by atomic mass is 9.97. The number of benzene rings is 3. The van der Waals surface area contributed by atoms with Gasteiger partial charge >= 0.3 is 12.1 Å². The van der Waals surface area contributed by atoms with E-state index in [1.165, 1.54) is 0 Å². The Morgan fingerprint density at radius 2 is 1.64 bits per heavy atom. The molecule has 1 atom stereocenters. The van der Waals surface area contributed by atoms with Crippen molar-refractivity contribution in [1.29, 1.82) is 0 Å². The molecule has 1 aliphatic rings. The number of amides is 1. The fourth-order valence-electron chi connectivity index (χ4n) is 4.36. The maximum atomic E-state index is 12.6. The number of carbonyl (C=O) groups excluding carboxylic acids is 1. The van der Waals surface area contributed by atoms with E-state index in [9.17, 15) is 19.8 Å². The zero-order chi connectivity index (χ0) is 23.7. The molecule has 3 N–H and O–H groups in total. The Kier molecular flexibility index (Phi) is 6.42. The summed E-state index contributed by atoms with van der Waals surface area (Å²) in [5.74, 6) is -1.30. The van der Waals surface area contributed by atoms with E-state index in [0.29, 0.717) is 11.1 Å². The lowest BCUT2D eigenvalue weighted by molar-refractivity contribution is -0.139. The number of phenolic OH excluding ortho intramolecular Hbond substituents is 1. The Balaban J connectivity index is 1.48. The first-order valence-electron chi connectivity index (χ1n) is 10.6. The second-order valence-electron chi connectivity index (χ2n) is 8.19. The summed E-state index contributed by atoms with van der Waals surface area (Å²) in [7, 11) is 0. The first-order chi connectivity index (χ1) is 15.8. The fourth-order valence-corrected chi connectivity index (χ4v) is 4.95. The maximum absolute atomic E-state index is 12.6. The highest BCUT2D eigenvalue weighted by atomic mass is 79.9. The van der Waals surface area contributed by atoms with E-state index in [0.717, 1.165) is 32.3 Å². The zero-order valence-corrected chi connectivity index (χ0v) is 19.8. The van der Waals surface area contributed by atoms with Gasteiger partial charge < -0.3 is 20.3 Å². The SMILES string of the molecule is Cc1cc(Br)c(C)c(CC(NC(=O)OCC2c3ccccc3-c3ccccc32)C(=O)O)c1O. The number of nitrogens with one attached hydrogen (secondary N) is 1. The Morgan fingerprint density at radius 1 is 1.06 bits per heavy atom. The molecule has 6 nitrogen and oxygen atoms in total. The molecule has 0 saturated heterocycles. The minimum Gasteiger partial charge on any atom is -0.507 e. The van der Waals surface area contributed by atoms with Gasteiger partial charge in [0.15, 0.2) is 0 Å². The molecular weight excluding hydrogens is 486 g/mol. The monoisotopic (exact) mass is 509 g/mol. The van der Waals surface area contributed by atoms with Crippen molar-refractivity contribution in [2.45, 2.75) is 32.2 Å². The van der Waals surface area contributed by atoms with Crippen LogP contribution in [0.5, 0.6) is 5.75 Å². The second-order valence-corrected chi connectivity index (χ2v) is 9.05. The molecule has 0 fully saturated rings. The number of aliphatic carboxylic acids is 1. The summed E-state index contributed by atoms with van der Waals surface area (Å²) in [4.78, 5) is 24.4. The van der Waals surface area contributed by atoms with Crippen LogP contribution in [0.1, 0.15) is 33.7 Å². The van der Waals surface area contributed by atoms with Crippen LogP contribution in [0.3, 0.4) is 0 Å². The number of ether oxygens (including phenoxy) is 1. The molecule has 0 bridgehead atoms. The van der Waals surface area contributed by atoms with E-state index < -0.39 is 18.1 Å². The summed E-state index contributed by atoms with van der Waals surface area (Å²) < 4.78 is 6.24. The van der Waals surface area contributed by atoms with Crippen LogP contribution in [0.4, 0.5) is 4.79 Å². The van der Waals surface area contributed by atoms with Crippen LogP contribution < -0.4 is 5.32 Å². The number of aryl methyl sites for hydroxylation is 1. The van der Waals surface area contributed by atoms with E-state index in [1.54, 1.807) is 19.9 Å². The van der Waals surface area contributed by atoms with Crippen LogP contribution in [0.2, 0.25) is 0 Å². The van der Waals surface area contributed by atoms with Crippen LogP contribution in [0, 0.1) is 13.8 Å². The van der Waals surface area contributed by atoms with Gasteiger partial charge in [0.05, 0.1) is 0 Å². The van der Waals surface area contributed by atoms with Gasteiger partial charge in [-0.3, -0.25) is 0 Å². The molecule has 170 valence electrons. The highest BCUT2D eigenvalue weighted by Gasteiger charge is 2.30. The summed E-state index contributed by atoms with van der Waals surface area (Å²) >= 11 is 3.43. The number of carboxylic acids is 1. The van der Waals surface area contributed by atoms with Crippen LogP contribution in [-0.4, -0.2) is 34.9 Å². The van der Waals surface area contributed by atoms with Gasteiger partial charge in [-0.05, 0) is 53.3 Å². The number of phenols is 1. The van der Waals surface area contributed by atoms with Crippen LogP contribution in [-0.2, 0) is 16.0 Å². The van der Waals surface area contributed by atoms with E-state index >= 15 is 0 Å². The molecule has 0 aromatic heterocycles. The predicted molar refractivity (Wildman–Crippen MR) is 129 cm³/mol. The number of carbonyl (C=O) groups is 2. The number of carboxylic acid groups (broad SMARTS) is 1. The normalized spacial score (nSPS) is 13.2. The van der Waals surface area contributed by atoms with Gasteiger partial charge in [-0.1, -0.05) is 64.5 Å². The number of hydrogen-bond acceptors (Lipinski definition) is 4. The van der Waals surface area contributed by atoms with Crippen LogP contribution in [0.25, 0.3) is 11.1 Å².